The molecule has 2 aromatic heterocycles. The van der Waals surface area contributed by atoms with Gasteiger partial charge in [0.15, 0.2) is 0 Å². The summed E-state index contributed by atoms with van der Waals surface area (Å²) in [6.45, 7) is 5.81. The summed E-state index contributed by atoms with van der Waals surface area (Å²) in [7, 11) is 0. The normalized spacial score (nSPS) is 19.2. The van der Waals surface area contributed by atoms with Crippen molar-refractivity contribution in [2.75, 3.05) is 6.54 Å². The minimum absolute atomic E-state index is 0.283. The van der Waals surface area contributed by atoms with Gasteiger partial charge < -0.3 is 9.30 Å². The second-order valence-corrected chi connectivity index (χ2v) is 5.77. The maximum Gasteiger partial charge on any atom is 0.223 e. The van der Waals surface area contributed by atoms with Crippen molar-refractivity contribution in [1.29, 1.82) is 0 Å². The van der Waals surface area contributed by atoms with Crippen molar-refractivity contribution in [1.82, 2.24) is 14.3 Å². The van der Waals surface area contributed by atoms with E-state index in [1.165, 1.54) is 0 Å². The van der Waals surface area contributed by atoms with Gasteiger partial charge in [0, 0.05) is 19.2 Å². The van der Waals surface area contributed by atoms with E-state index in [-0.39, 0.29) is 5.91 Å². The summed E-state index contributed by atoms with van der Waals surface area (Å²) in [6.07, 6.45) is 6.93. The first-order valence-electron chi connectivity index (χ1n) is 7.38. The van der Waals surface area contributed by atoms with Crippen LogP contribution in [-0.4, -0.2) is 26.7 Å². The highest BCUT2D eigenvalue weighted by Gasteiger charge is 2.29. The molecule has 1 aliphatic heterocycles. The van der Waals surface area contributed by atoms with Crippen molar-refractivity contribution in [3.05, 3.63) is 35.8 Å². The highest BCUT2D eigenvalue weighted by Crippen LogP contribution is 2.24. The zero-order valence-electron chi connectivity index (χ0n) is 12.2. The number of likely N-dealkylation sites (tertiary alicyclic amines) is 1. The van der Waals surface area contributed by atoms with Crippen LogP contribution in [-0.2, 0) is 11.3 Å². The second-order valence-electron chi connectivity index (χ2n) is 5.77. The molecule has 0 radical (unpaired) electrons. The minimum Gasteiger partial charge on any atom is -0.337 e. The topological polar surface area (TPSA) is 37.6 Å². The van der Waals surface area contributed by atoms with Crippen LogP contribution in [0, 0.1) is 12.8 Å². The van der Waals surface area contributed by atoms with E-state index < -0.39 is 0 Å². The Morgan fingerprint density at radius 2 is 2.30 bits per heavy atom. The van der Waals surface area contributed by atoms with Gasteiger partial charge >= 0.3 is 0 Å². The molecule has 0 aromatic carbocycles. The summed E-state index contributed by atoms with van der Waals surface area (Å²) in [6, 6.07) is 4.09. The van der Waals surface area contributed by atoms with Crippen molar-refractivity contribution < 1.29 is 4.79 Å². The summed E-state index contributed by atoms with van der Waals surface area (Å²) < 4.78 is 2.09. The Kier molecular flexibility index (Phi) is 3.47. The molecular formula is C16H21N3O. The average Bonchev–Trinajstić information content (AvgIpc) is 2.97. The molecular weight excluding hydrogens is 250 g/mol. The van der Waals surface area contributed by atoms with Crippen LogP contribution in [0.5, 0.6) is 0 Å². The molecule has 1 aliphatic rings. The molecule has 4 nitrogen and oxygen atoms in total. The highest BCUT2D eigenvalue weighted by atomic mass is 16.2. The number of hydrogen-bond acceptors (Lipinski definition) is 2. The first-order valence-corrected chi connectivity index (χ1v) is 7.38. The Labute approximate surface area is 119 Å². The van der Waals surface area contributed by atoms with E-state index in [9.17, 15) is 4.79 Å². The number of rotatable bonds is 4. The quantitative estimate of drug-likeness (QED) is 0.857. The fraction of sp³-hybridized carbons (Fsp3) is 0.500. The number of aromatic nitrogens is 2. The summed E-state index contributed by atoms with van der Waals surface area (Å²) in [5.74, 6) is 0.819. The Balaban J connectivity index is 1.80. The van der Waals surface area contributed by atoms with Gasteiger partial charge in [-0.25, -0.2) is 4.98 Å². The Morgan fingerprint density at radius 1 is 1.45 bits per heavy atom. The van der Waals surface area contributed by atoms with Crippen LogP contribution < -0.4 is 0 Å². The number of carbonyl (C=O) groups excluding carboxylic acids is 1. The van der Waals surface area contributed by atoms with Gasteiger partial charge in [0.1, 0.15) is 5.65 Å². The van der Waals surface area contributed by atoms with Gasteiger partial charge in [-0.15, -0.1) is 0 Å². The van der Waals surface area contributed by atoms with Crippen LogP contribution in [0.15, 0.2) is 24.5 Å². The second kappa shape index (κ2) is 5.27. The molecule has 0 saturated carbocycles. The lowest BCUT2D eigenvalue weighted by molar-refractivity contribution is -0.128. The third-order valence-electron chi connectivity index (χ3n) is 4.15. The van der Waals surface area contributed by atoms with E-state index in [4.69, 9.17) is 0 Å². The molecule has 0 bridgehead atoms. The van der Waals surface area contributed by atoms with Crippen molar-refractivity contribution in [2.45, 2.75) is 39.7 Å². The number of fused-ring (bicyclic) bond motifs is 1. The zero-order chi connectivity index (χ0) is 14.1. The molecule has 2 aromatic rings. The molecule has 1 atom stereocenters. The molecule has 1 amide bonds. The van der Waals surface area contributed by atoms with Gasteiger partial charge in [-0.2, -0.15) is 0 Å². The highest BCUT2D eigenvalue weighted by molar-refractivity contribution is 5.78. The van der Waals surface area contributed by atoms with Crippen LogP contribution in [0.3, 0.4) is 0 Å². The maximum atomic E-state index is 12.1. The van der Waals surface area contributed by atoms with Crippen LogP contribution in [0.25, 0.3) is 5.65 Å². The van der Waals surface area contributed by atoms with Crippen molar-refractivity contribution in [3.8, 4) is 0 Å². The number of imidazole rings is 1. The van der Waals surface area contributed by atoms with Crippen molar-refractivity contribution >= 4 is 11.6 Å². The van der Waals surface area contributed by atoms with Gasteiger partial charge in [-0.05, 0) is 30.9 Å². The van der Waals surface area contributed by atoms with E-state index >= 15 is 0 Å². The smallest absolute Gasteiger partial charge is 0.223 e. The first kappa shape index (κ1) is 13.2. The van der Waals surface area contributed by atoms with E-state index in [1.54, 1.807) is 0 Å². The van der Waals surface area contributed by atoms with E-state index in [2.05, 4.69) is 29.3 Å². The number of hydrogen-bond donors (Lipinski definition) is 0. The van der Waals surface area contributed by atoms with Crippen molar-refractivity contribution in [3.63, 3.8) is 0 Å². The summed E-state index contributed by atoms with van der Waals surface area (Å²) >= 11 is 0. The van der Waals surface area contributed by atoms with E-state index in [1.807, 2.05) is 23.4 Å². The fourth-order valence-electron chi connectivity index (χ4n) is 3.12. The molecule has 1 unspecified atom stereocenters. The largest absolute Gasteiger partial charge is 0.337 e. The molecule has 1 saturated heterocycles. The van der Waals surface area contributed by atoms with Crippen LogP contribution >= 0.6 is 0 Å². The Bertz CT molecular complexity index is 632. The number of aryl methyl sites for hydroxylation is 1. The molecule has 4 heteroatoms. The van der Waals surface area contributed by atoms with Crippen LogP contribution in [0.2, 0.25) is 0 Å². The summed E-state index contributed by atoms with van der Waals surface area (Å²) in [5, 5.41) is 0. The number of carbonyl (C=O) groups is 1. The van der Waals surface area contributed by atoms with Gasteiger partial charge in [0.2, 0.25) is 5.91 Å². The molecule has 3 rings (SSSR count). The third kappa shape index (κ3) is 2.30. The van der Waals surface area contributed by atoms with Gasteiger partial charge in [-0.3, -0.25) is 4.79 Å². The maximum absolute atomic E-state index is 12.1. The number of nitrogens with zero attached hydrogens (tertiary/aromatic N) is 3. The average molecular weight is 271 g/mol. The SMILES string of the molecule is CCCC1CC(=O)N(Cc2cnc3c(C)cccn23)C1. The molecule has 106 valence electrons. The number of pyridine rings is 1. The third-order valence-corrected chi connectivity index (χ3v) is 4.15. The fourth-order valence-corrected chi connectivity index (χ4v) is 3.12. The monoisotopic (exact) mass is 271 g/mol. The van der Waals surface area contributed by atoms with Crippen LogP contribution in [0.4, 0.5) is 0 Å². The lowest BCUT2D eigenvalue weighted by atomic mass is 10.0. The Hall–Kier alpha value is -1.84. The summed E-state index contributed by atoms with van der Waals surface area (Å²) in [4.78, 5) is 18.5. The molecule has 3 heterocycles. The summed E-state index contributed by atoms with van der Waals surface area (Å²) in [5.41, 5.74) is 3.24. The lowest BCUT2D eigenvalue weighted by Gasteiger charge is -2.16. The zero-order valence-corrected chi connectivity index (χ0v) is 12.2. The van der Waals surface area contributed by atoms with Crippen molar-refractivity contribution in [2.24, 2.45) is 5.92 Å². The molecule has 1 fully saturated rings. The standard InChI is InChI=1S/C16H21N3O/c1-3-5-13-8-15(20)18(10-13)11-14-9-17-16-12(2)6-4-7-19(14)16/h4,6-7,9,13H,3,5,8,10-11H2,1-2H3. The van der Waals surface area contributed by atoms with Gasteiger partial charge in [0.05, 0.1) is 18.4 Å². The number of amides is 1. The first-order chi connectivity index (χ1) is 9.69. The predicted octanol–water partition coefficient (Wildman–Crippen LogP) is 2.79. The molecule has 0 spiro atoms. The lowest BCUT2D eigenvalue weighted by Crippen LogP contribution is -2.25. The van der Waals surface area contributed by atoms with E-state index in [0.29, 0.717) is 18.9 Å². The Morgan fingerprint density at radius 3 is 3.10 bits per heavy atom. The van der Waals surface area contributed by atoms with Crippen LogP contribution in [0.1, 0.15) is 37.4 Å². The van der Waals surface area contributed by atoms with E-state index in [0.717, 1.165) is 36.3 Å². The molecule has 0 aliphatic carbocycles. The molecule has 0 N–H and O–H groups in total. The molecule has 20 heavy (non-hydrogen) atoms. The predicted molar refractivity (Wildman–Crippen MR) is 78.4 cm³/mol. The van der Waals surface area contributed by atoms with Gasteiger partial charge in [-0.1, -0.05) is 19.4 Å². The van der Waals surface area contributed by atoms with Gasteiger partial charge in [0.25, 0.3) is 0 Å². The minimum atomic E-state index is 0.283.